The van der Waals surface area contributed by atoms with Crippen LogP contribution in [0.25, 0.3) is 0 Å². The number of aryl methyl sites for hydroxylation is 2. The predicted molar refractivity (Wildman–Crippen MR) is 82.9 cm³/mol. The van der Waals surface area contributed by atoms with Crippen molar-refractivity contribution in [1.29, 1.82) is 0 Å². The third-order valence-electron chi connectivity index (χ3n) is 4.57. The molecule has 0 radical (unpaired) electrons. The highest BCUT2D eigenvalue weighted by molar-refractivity contribution is 7.11. The normalized spacial score (nSPS) is 22.3. The zero-order valence-electron chi connectivity index (χ0n) is 12.1. The van der Waals surface area contributed by atoms with Crippen LogP contribution in [-0.2, 0) is 6.42 Å². The summed E-state index contributed by atoms with van der Waals surface area (Å²) in [6.45, 7) is 2.10. The van der Waals surface area contributed by atoms with Gasteiger partial charge in [-0.15, -0.1) is 11.3 Å². The van der Waals surface area contributed by atoms with Gasteiger partial charge in [0.1, 0.15) is 10.8 Å². The van der Waals surface area contributed by atoms with Crippen LogP contribution in [0.4, 0.5) is 4.39 Å². The van der Waals surface area contributed by atoms with Gasteiger partial charge in [0.2, 0.25) is 0 Å². The van der Waals surface area contributed by atoms with Crippen LogP contribution in [0.15, 0.2) is 24.4 Å². The second-order valence-electron chi connectivity index (χ2n) is 6.23. The fraction of sp³-hybridized carbons (Fsp3) is 0.471. The van der Waals surface area contributed by atoms with E-state index in [4.69, 9.17) is 0 Å². The highest BCUT2D eigenvalue weighted by atomic mass is 32.1. The fourth-order valence-electron chi connectivity index (χ4n) is 3.32. The van der Waals surface area contributed by atoms with Crippen LogP contribution in [0.1, 0.15) is 52.4 Å². The maximum absolute atomic E-state index is 13.5. The van der Waals surface area contributed by atoms with E-state index in [1.165, 1.54) is 28.3 Å². The average molecular weight is 302 g/mol. The topological polar surface area (TPSA) is 24.9 Å². The molecular formula is C17H19FN2S. The molecule has 1 N–H and O–H groups in total. The van der Waals surface area contributed by atoms with Crippen LogP contribution in [0.2, 0.25) is 0 Å². The molecule has 0 aliphatic heterocycles. The summed E-state index contributed by atoms with van der Waals surface area (Å²) < 4.78 is 13.5. The summed E-state index contributed by atoms with van der Waals surface area (Å²) in [5.41, 5.74) is 2.44. The first-order chi connectivity index (χ1) is 10.2. The minimum absolute atomic E-state index is 0.129. The molecule has 4 heteroatoms. The number of halogens is 1. The number of hydrogen-bond donors (Lipinski definition) is 1. The lowest BCUT2D eigenvalue weighted by Crippen LogP contribution is -2.26. The molecule has 0 spiro atoms. The molecule has 1 aromatic heterocycles. The Morgan fingerprint density at radius 3 is 2.90 bits per heavy atom. The Bertz CT molecular complexity index is 663. The van der Waals surface area contributed by atoms with E-state index < -0.39 is 0 Å². The van der Waals surface area contributed by atoms with E-state index in [-0.39, 0.29) is 11.9 Å². The minimum Gasteiger partial charge on any atom is -0.301 e. The molecule has 110 valence electrons. The Labute approximate surface area is 128 Å². The van der Waals surface area contributed by atoms with E-state index in [1.807, 2.05) is 12.3 Å². The Balaban J connectivity index is 1.59. The quantitative estimate of drug-likeness (QED) is 0.910. The summed E-state index contributed by atoms with van der Waals surface area (Å²) in [6, 6.07) is 5.82. The fourth-order valence-corrected chi connectivity index (χ4v) is 4.25. The number of benzene rings is 1. The molecule has 0 saturated heterocycles. The Kier molecular flexibility index (Phi) is 3.31. The molecule has 2 aromatic rings. The maximum atomic E-state index is 13.5. The van der Waals surface area contributed by atoms with Gasteiger partial charge in [-0.1, -0.05) is 6.07 Å². The molecule has 2 nitrogen and oxygen atoms in total. The van der Waals surface area contributed by atoms with Crippen LogP contribution in [0.5, 0.6) is 0 Å². The largest absolute Gasteiger partial charge is 0.301 e. The first kappa shape index (κ1) is 13.4. The van der Waals surface area contributed by atoms with Crippen molar-refractivity contribution in [3.63, 3.8) is 0 Å². The zero-order valence-corrected chi connectivity index (χ0v) is 12.9. The Morgan fingerprint density at radius 1 is 1.33 bits per heavy atom. The summed E-state index contributed by atoms with van der Waals surface area (Å²) in [5.74, 6) is 0.573. The number of nitrogens with zero attached hydrogens (tertiary/aromatic N) is 1. The van der Waals surface area contributed by atoms with Crippen LogP contribution >= 0.6 is 11.3 Å². The molecule has 1 fully saturated rings. The third-order valence-corrected chi connectivity index (χ3v) is 5.56. The van der Waals surface area contributed by atoms with Gasteiger partial charge in [-0.2, -0.15) is 0 Å². The SMILES string of the molecule is Cc1cnc([C@H](N[C@@H]2CCc3ccc(F)cc32)C2CC2)s1. The van der Waals surface area contributed by atoms with Gasteiger partial charge in [0.25, 0.3) is 0 Å². The number of hydrogen-bond acceptors (Lipinski definition) is 3. The zero-order chi connectivity index (χ0) is 14.4. The molecule has 2 atom stereocenters. The van der Waals surface area contributed by atoms with E-state index in [1.54, 1.807) is 23.5 Å². The smallest absolute Gasteiger partial charge is 0.123 e. The van der Waals surface area contributed by atoms with Crippen molar-refractivity contribution in [2.24, 2.45) is 5.92 Å². The average Bonchev–Trinajstić information content (AvgIpc) is 3.10. The molecule has 1 saturated carbocycles. The minimum atomic E-state index is -0.129. The standard InChI is InChI=1S/C17H19FN2S/c1-10-9-19-17(21-10)16(12-2-3-12)20-15-7-5-11-4-6-13(18)8-14(11)15/h4,6,8-9,12,15-16,20H,2-3,5,7H2,1H3/t15-,16-/m1/s1. The van der Waals surface area contributed by atoms with Gasteiger partial charge >= 0.3 is 0 Å². The lowest BCUT2D eigenvalue weighted by molar-refractivity contribution is 0.406. The Hall–Kier alpha value is -1.26. The summed E-state index contributed by atoms with van der Waals surface area (Å²) in [6.07, 6.45) is 6.62. The molecule has 2 aliphatic carbocycles. The maximum Gasteiger partial charge on any atom is 0.123 e. The lowest BCUT2D eigenvalue weighted by atomic mass is 10.1. The second-order valence-corrected chi connectivity index (χ2v) is 7.49. The molecule has 0 amide bonds. The molecule has 0 bridgehead atoms. The first-order valence-corrected chi connectivity index (χ1v) is 8.49. The molecule has 21 heavy (non-hydrogen) atoms. The van der Waals surface area contributed by atoms with E-state index in [0.29, 0.717) is 12.0 Å². The molecular weight excluding hydrogens is 283 g/mol. The predicted octanol–water partition coefficient (Wildman–Crippen LogP) is 4.32. The van der Waals surface area contributed by atoms with Crippen molar-refractivity contribution in [2.75, 3.05) is 0 Å². The van der Waals surface area contributed by atoms with Gasteiger partial charge in [0.05, 0.1) is 6.04 Å². The third kappa shape index (κ3) is 2.62. The van der Waals surface area contributed by atoms with Gasteiger partial charge in [-0.05, 0) is 61.8 Å². The van der Waals surface area contributed by atoms with Gasteiger partial charge in [0.15, 0.2) is 0 Å². The first-order valence-electron chi connectivity index (χ1n) is 7.67. The van der Waals surface area contributed by atoms with E-state index >= 15 is 0 Å². The molecule has 0 unspecified atom stereocenters. The summed E-state index contributed by atoms with van der Waals surface area (Å²) in [5, 5.41) is 4.97. The van der Waals surface area contributed by atoms with Gasteiger partial charge in [-0.3, -0.25) is 0 Å². The van der Waals surface area contributed by atoms with E-state index in [0.717, 1.165) is 18.4 Å². The summed E-state index contributed by atoms with van der Waals surface area (Å²) >= 11 is 1.78. The van der Waals surface area contributed by atoms with Gasteiger partial charge < -0.3 is 5.32 Å². The van der Waals surface area contributed by atoms with Crippen molar-refractivity contribution < 1.29 is 4.39 Å². The Morgan fingerprint density at radius 2 is 2.19 bits per heavy atom. The molecule has 1 heterocycles. The van der Waals surface area contributed by atoms with Gasteiger partial charge in [-0.25, -0.2) is 9.37 Å². The number of nitrogens with one attached hydrogen (secondary N) is 1. The van der Waals surface area contributed by atoms with Crippen LogP contribution in [0, 0.1) is 18.7 Å². The van der Waals surface area contributed by atoms with Gasteiger partial charge in [0, 0.05) is 17.1 Å². The van der Waals surface area contributed by atoms with Crippen LogP contribution < -0.4 is 5.32 Å². The van der Waals surface area contributed by atoms with Crippen molar-refractivity contribution in [3.8, 4) is 0 Å². The van der Waals surface area contributed by atoms with Crippen LogP contribution in [-0.4, -0.2) is 4.98 Å². The second kappa shape index (κ2) is 5.18. The van der Waals surface area contributed by atoms with Crippen molar-refractivity contribution >= 4 is 11.3 Å². The van der Waals surface area contributed by atoms with E-state index in [2.05, 4.69) is 17.2 Å². The summed E-state index contributed by atoms with van der Waals surface area (Å²) in [7, 11) is 0. The molecule has 1 aromatic carbocycles. The molecule has 4 rings (SSSR count). The van der Waals surface area contributed by atoms with Crippen molar-refractivity contribution in [2.45, 2.75) is 44.7 Å². The highest BCUT2D eigenvalue weighted by Gasteiger charge is 2.36. The lowest BCUT2D eigenvalue weighted by Gasteiger charge is -2.22. The van der Waals surface area contributed by atoms with Crippen LogP contribution in [0.3, 0.4) is 0 Å². The highest BCUT2D eigenvalue weighted by Crippen LogP contribution is 2.44. The number of rotatable bonds is 4. The molecule has 2 aliphatic rings. The van der Waals surface area contributed by atoms with Crippen molar-refractivity contribution in [1.82, 2.24) is 10.3 Å². The summed E-state index contributed by atoms with van der Waals surface area (Å²) in [4.78, 5) is 5.83. The van der Waals surface area contributed by atoms with E-state index in [9.17, 15) is 4.39 Å². The van der Waals surface area contributed by atoms with Crippen molar-refractivity contribution in [3.05, 3.63) is 51.2 Å². The number of thiazole rings is 1. The monoisotopic (exact) mass is 302 g/mol. The number of aromatic nitrogens is 1. The number of fused-ring (bicyclic) bond motifs is 1.